The number of amides is 1. The topological polar surface area (TPSA) is 80.7 Å². The van der Waals surface area contributed by atoms with E-state index in [9.17, 15) is 9.59 Å². The van der Waals surface area contributed by atoms with Gasteiger partial charge in [-0.15, -0.1) is 0 Å². The number of allylic oxidation sites excluding steroid dienone is 1. The van der Waals surface area contributed by atoms with Crippen molar-refractivity contribution in [1.29, 1.82) is 0 Å². The van der Waals surface area contributed by atoms with Gasteiger partial charge in [-0.05, 0) is 42.5 Å². The lowest BCUT2D eigenvalue weighted by Gasteiger charge is -2.36. The first-order valence-electron chi connectivity index (χ1n) is 12.0. The van der Waals surface area contributed by atoms with E-state index >= 15 is 0 Å². The molecule has 1 amide bonds. The molecule has 2 aliphatic heterocycles. The maximum absolute atomic E-state index is 13.3. The van der Waals surface area contributed by atoms with Crippen molar-refractivity contribution in [1.82, 2.24) is 9.80 Å². The molecule has 0 saturated heterocycles. The van der Waals surface area contributed by atoms with E-state index in [-0.39, 0.29) is 18.9 Å². The molecule has 0 aliphatic carbocycles. The number of ether oxygens (including phenoxy) is 3. The summed E-state index contributed by atoms with van der Waals surface area (Å²) < 4.78 is 16.4. The van der Waals surface area contributed by atoms with Gasteiger partial charge < -0.3 is 24.0 Å². The lowest BCUT2D eigenvalue weighted by atomic mass is 9.93. The number of amidine groups is 1. The van der Waals surface area contributed by atoms with Gasteiger partial charge in [0.15, 0.2) is 16.7 Å². The summed E-state index contributed by atoms with van der Waals surface area (Å²) in [5.74, 6) is 0.651. The van der Waals surface area contributed by atoms with Crippen LogP contribution in [0.25, 0.3) is 0 Å². The second-order valence-electron chi connectivity index (χ2n) is 8.64. The van der Waals surface area contributed by atoms with Crippen molar-refractivity contribution in [2.45, 2.75) is 32.9 Å². The van der Waals surface area contributed by atoms with Gasteiger partial charge in [0.2, 0.25) is 5.91 Å². The number of thioether (sulfide) groups is 1. The average molecular weight is 522 g/mol. The van der Waals surface area contributed by atoms with E-state index in [0.717, 1.165) is 16.8 Å². The summed E-state index contributed by atoms with van der Waals surface area (Å²) >= 11 is 1.44. The Bertz CT molecular complexity index is 1270. The molecule has 2 aliphatic rings. The molecule has 0 aromatic heterocycles. The Hall–Kier alpha value is -3.72. The molecule has 2 heterocycles. The zero-order valence-electron chi connectivity index (χ0n) is 21.7. The van der Waals surface area contributed by atoms with Crippen molar-refractivity contribution in [3.63, 3.8) is 0 Å². The van der Waals surface area contributed by atoms with Gasteiger partial charge in [0.05, 0.1) is 44.6 Å². The molecule has 0 saturated carbocycles. The van der Waals surface area contributed by atoms with E-state index in [1.807, 2.05) is 65.8 Å². The van der Waals surface area contributed by atoms with Crippen molar-refractivity contribution in [3.8, 4) is 11.5 Å². The Labute approximate surface area is 221 Å². The van der Waals surface area contributed by atoms with Gasteiger partial charge in [-0.2, -0.15) is 0 Å². The predicted molar refractivity (Wildman–Crippen MR) is 144 cm³/mol. The van der Waals surface area contributed by atoms with Gasteiger partial charge in [0.1, 0.15) is 0 Å². The number of fused-ring (bicyclic) bond motifs is 1. The van der Waals surface area contributed by atoms with Crippen molar-refractivity contribution in [2.75, 3.05) is 27.9 Å². The van der Waals surface area contributed by atoms with Gasteiger partial charge in [0.25, 0.3) is 0 Å². The molecular weight excluding hydrogens is 490 g/mol. The standard InChI is InChI=1S/C28H31N3O5S/c1-6-36-27(33)25-18(2)29-28-31(26(25)20-12-13-22(34-4)23(14-20)35-5)21(17-37-28)15-24(32)30(3)16-19-10-8-7-9-11-19/h7-14,17,26H,6,15-16H2,1-5H3/t26-/m1/s1. The van der Waals surface area contributed by atoms with Crippen LogP contribution in [0.15, 0.2) is 75.9 Å². The Morgan fingerprint density at radius 3 is 2.49 bits per heavy atom. The van der Waals surface area contributed by atoms with Crippen LogP contribution in [0.2, 0.25) is 0 Å². The third-order valence-corrected chi connectivity index (χ3v) is 7.13. The van der Waals surface area contributed by atoms with Crippen LogP contribution in [-0.4, -0.2) is 54.7 Å². The number of nitrogens with zero attached hydrogens (tertiary/aromatic N) is 3. The normalized spacial score (nSPS) is 16.6. The number of benzene rings is 2. The van der Waals surface area contributed by atoms with Crippen LogP contribution < -0.4 is 9.47 Å². The highest BCUT2D eigenvalue weighted by Gasteiger charge is 2.41. The van der Waals surface area contributed by atoms with Crippen LogP contribution in [0.3, 0.4) is 0 Å². The van der Waals surface area contributed by atoms with E-state index in [0.29, 0.717) is 34.5 Å². The molecular formula is C28H31N3O5S. The Kier molecular flexibility index (Phi) is 8.23. The molecule has 2 aromatic rings. The molecule has 0 fully saturated rings. The van der Waals surface area contributed by atoms with Crippen LogP contribution in [0.4, 0.5) is 0 Å². The highest BCUT2D eigenvalue weighted by Crippen LogP contribution is 2.46. The van der Waals surface area contributed by atoms with Crippen LogP contribution in [0.5, 0.6) is 11.5 Å². The number of rotatable bonds is 9. The van der Waals surface area contributed by atoms with E-state index in [4.69, 9.17) is 19.2 Å². The minimum atomic E-state index is -0.542. The van der Waals surface area contributed by atoms with Crippen molar-refractivity contribution in [2.24, 2.45) is 4.99 Å². The number of carbonyl (C=O) groups excluding carboxylic acids is 2. The van der Waals surface area contributed by atoms with Gasteiger partial charge in [0, 0.05) is 19.3 Å². The number of methoxy groups -OCH3 is 2. The molecule has 0 bridgehead atoms. The lowest BCUT2D eigenvalue weighted by molar-refractivity contribution is -0.139. The second-order valence-corrected chi connectivity index (χ2v) is 9.48. The first-order chi connectivity index (χ1) is 17.9. The number of esters is 1. The molecule has 0 spiro atoms. The summed E-state index contributed by atoms with van der Waals surface area (Å²) in [5.41, 5.74) is 3.63. The maximum atomic E-state index is 13.3. The molecule has 194 valence electrons. The summed E-state index contributed by atoms with van der Waals surface area (Å²) in [7, 11) is 4.94. The molecule has 0 radical (unpaired) electrons. The zero-order valence-corrected chi connectivity index (χ0v) is 22.5. The molecule has 8 nitrogen and oxygen atoms in total. The van der Waals surface area contributed by atoms with Gasteiger partial charge in [-0.1, -0.05) is 48.2 Å². The van der Waals surface area contributed by atoms with Crippen LogP contribution in [0, 0.1) is 0 Å². The molecule has 0 N–H and O–H groups in total. The van der Waals surface area contributed by atoms with Crippen LogP contribution in [0.1, 0.15) is 37.4 Å². The third-order valence-electron chi connectivity index (χ3n) is 6.24. The SMILES string of the molecule is CCOC(=O)C1=C(C)N=C2SC=C(CC(=O)N(C)Cc3ccccc3)N2[C@@H]1c1ccc(OC)c(OC)c1. The first kappa shape index (κ1) is 26.3. The minimum Gasteiger partial charge on any atom is -0.493 e. The molecule has 1 atom stereocenters. The Balaban J connectivity index is 1.68. The fourth-order valence-electron chi connectivity index (χ4n) is 4.41. The molecule has 0 unspecified atom stereocenters. The Morgan fingerprint density at radius 1 is 1.08 bits per heavy atom. The molecule has 37 heavy (non-hydrogen) atoms. The predicted octanol–water partition coefficient (Wildman–Crippen LogP) is 4.89. The number of hydrogen-bond acceptors (Lipinski definition) is 8. The summed E-state index contributed by atoms with van der Waals surface area (Å²) in [5, 5.41) is 2.64. The second kappa shape index (κ2) is 11.6. The minimum absolute atomic E-state index is 0.0352. The van der Waals surface area contributed by atoms with E-state index < -0.39 is 12.0 Å². The Morgan fingerprint density at radius 2 is 1.81 bits per heavy atom. The van der Waals surface area contributed by atoms with Crippen molar-refractivity contribution in [3.05, 3.63) is 82.0 Å². The number of aliphatic imine (C=N–C) groups is 1. The number of hydrogen-bond donors (Lipinski definition) is 0. The van der Waals surface area contributed by atoms with E-state index in [2.05, 4.69) is 0 Å². The highest BCUT2D eigenvalue weighted by atomic mass is 32.2. The highest BCUT2D eigenvalue weighted by molar-refractivity contribution is 8.16. The van der Waals surface area contributed by atoms with E-state index in [1.165, 1.54) is 11.8 Å². The summed E-state index contributed by atoms with van der Waals surface area (Å²) in [6.45, 7) is 4.33. The quantitative estimate of drug-likeness (QED) is 0.435. The fourth-order valence-corrected chi connectivity index (χ4v) is 5.38. The molecule has 9 heteroatoms. The van der Waals surface area contributed by atoms with Gasteiger partial charge >= 0.3 is 5.97 Å². The van der Waals surface area contributed by atoms with Gasteiger partial charge in [-0.25, -0.2) is 9.79 Å². The molecule has 4 rings (SSSR count). The van der Waals surface area contributed by atoms with E-state index in [1.54, 1.807) is 33.1 Å². The summed E-state index contributed by atoms with van der Waals surface area (Å²) in [6.07, 6.45) is 0.161. The lowest BCUT2D eigenvalue weighted by Crippen LogP contribution is -2.38. The summed E-state index contributed by atoms with van der Waals surface area (Å²) in [4.78, 5) is 34.8. The van der Waals surface area contributed by atoms with Gasteiger partial charge in [-0.3, -0.25) is 4.79 Å². The number of carbonyl (C=O) groups is 2. The van der Waals surface area contributed by atoms with Crippen molar-refractivity contribution >= 4 is 28.8 Å². The van der Waals surface area contributed by atoms with Crippen molar-refractivity contribution < 1.29 is 23.8 Å². The average Bonchev–Trinajstić information content (AvgIpc) is 3.29. The third kappa shape index (κ3) is 5.51. The summed E-state index contributed by atoms with van der Waals surface area (Å²) in [6, 6.07) is 14.9. The maximum Gasteiger partial charge on any atom is 0.338 e. The molecule has 2 aromatic carbocycles. The smallest absolute Gasteiger partial charge is 0.338 e. The van der Waals surface area contributed by atoms with Crippen LogP contribution in [-0.2, 0) is 20.9 Å². The monoisotopic (exact) mass is 521 g/mol. The largest absolute Gasteiger partial charge is 0.493 e. The fraction of sp³-hybridized carbons (Fsp3) is 0.321. The first-order valence-corrected chi connectivity index (χ1v) is 12.9. The zero-order chi connectivity index (χ0) is 26.5. The van der Waals surface area contributed by atoms with Crippen LogP contribution >= 0.6 is 11.8 Å².